The summed E-state index contributed by atoms with van der Waals surface area (Å²) in [5, 5.41) is 0. The summed E-state index contributed by atoms with van der Waals surface area (Å²) in [6.45, 7) is 0.301. The predicted octanol–water partition coefficient (Wildman–Crippen LogP) is 4.51. The minimum atomic E-state index is -0.344. The molecule has 18 heavy (non-hydrogen) atoms. The van der Waals surface area contributed by atoms with E-state index < -0.39 is 0 Å². The first-order chi connectivity index (χ1) is 8.54. The van der Waals surface area contributed by atoms with Crippen LogP contribution in [-0.2, 0) is 6.61 Å². The SMILES string of the molecule is Nc1cc(Br)ccc1COc1cc(F)cc(Br)c1. The second-order valence-corrected chi connectivity index (χ2v) is 5.57. The zero-order chi connectivity index (χ0) is 13.1. The minimum Gasteiger partial charge on any atom is -0.489 e. The van der Waals surface area contributed by atoms with Crippen LogP contribution in [0.2, 0.25) is 0 Å². The highest BCUT2D eigenvalue weighted by molar-refractivity contribution is 9.10. The third kappa shape index (κ3) is 3.46. The third-order valence-electron chi connectivity index (χ3n) is 2.34. The zero-order valence-corrected chi connectivity index (χ0v) is 12.5. The Morgan fingerprint density at radius 1 is 1.06 bits per heavy atom. The van der Waals surface area contributed by atoms with Crippen LogP contribution >= 0.6 is 31.9 Å². The predicted molar refractivity (Wildman–Crippen MR) is 77.0 cm³/mol. The van der Waals surface area contributed by atoms with E-state index in [4.69, 9.17) is 10.5 Å². The van der Waals surface area contributed by atoms with E-state index in [-0.39, 0.29) is 5.82 Å². The van der Waals surface area contributed by atoms with Crippen LogP contribution in [0.3, 0.4) is 0 Å². The van der Waals surface area contributed by atoms with Gasteiger partial charge in [0.1, 0.15) is 18.2 Å². The first kappa shape index (κ1) is 13.4. The second kappa shape index (κ2) is 5.71. The lowest BCUT2D eigenvalue weighted by Crippen LogP contribution is -2.00. The highest BCUT2D eigenvalue weighted by Gasteiger charge is 2.03. The van der Waals surface area contributed by atoms with Gasteiger partial charge in [0, 0.05) is 26.3 Å². The first-order valence-corrected chi connectivity index (χ1v) is 6.76. The van der Waals surface area contributed by atoms with Gasteiger partial charge < -0.3 is 10.5 Å². The fourth-order valence-electron chi connectivity index (χ4n) is 1.47. The van der Waals surface area contributed by atoms with Gasteiger partial charge in [0.25, 0.3) is 0 Å². The highest BCUT2D eigenvalue weighted by atomic mass is 79.9. The number of benzene rings is 2. The van der Waals surface area contributed by atoms with Gasteiger partial charge in [0.05, 0.1) is 0 Å². The van der Waals surface area contributed by atoms with Gasteiger partial charge >= 0.3 is 0 Å². The van der Waals surface area contributed by atoms with Crippen molar-refractivity contribution in [3.8, 4) is 5.75 Å². The van der Waals surface area contributed by atoms with Crippen molar-refractivity contribution in [1.29, 1.82) is 0 Å². The molecule has 0 fully saturated rings. The van der Waals surface area contributed by atoms with Gasteiger partial charge in [0.2, 0.25) is 0 Å². The van der Waals surface area contributed by atoms with Crippen LogP contribution < -0.4 is 10.5 Å². The van der Waals surface area contributed by atoms with E-state index in [1.165, 1.54) is 12.1 Å². The molecule has 0 saturated heterocycles. The Bertz CT molecular complexity index is 555. The van der Waals surface area contributed by atoms with Crippen LogP contribution in [0, 0.1) is 5.82 Å². The molecule has 0 saturated carbocycles. The molecule has 2 aromatic carbocycles. The quantitative estimate of drug-likeness (QED) is 0.802. The van der Waals surface area contributed by atoms with Gasteiger partial charge in [-0.15, -0.1) is 0 Å². The fraction of sp³-hybridized carbons (Fsp3) is 0.0769. The molecule has 0 heterocycles. The lowest BCUT2D eigenvalue weighted by atomic mass is 10.2. The second-order valence-electron chi connectivity index (χ2n) is 3.74. The molecule has 0 aliphatic rings. The summed E-state index contributed by atoms with van der Waals surface area (Å²) < 4.78 is 20.2. The van der Waals surface area contributed by atoms with E-state index in [0.717, 1.165) is 10.0 Å². The number of anilines is 1. The molecule has 94 valence electrons. The van der Waals surface area contributed by atoms with Gasteiger partial charge in [-0.1, -0.05) is 37.9 Å². The molecule has 2 aromatic rings. The topological polar surface area (TPSA) is 35.2 Å². The van der Waals surface area contributed by atoms with Crippen molar-refractivity contribution >= 4 is 37.5 Å². The summed E-state index contributed by atoms with van der Waals surface area (Å²) in [5.74, 6) is 0.118. The Kier molecular flexibility index (Phi) is 4.24. The van der Waals surface area contributed by atoms with E-state index >= 15 is 0 Å². The van der Waals surface area contributed by atoms with E-state index in [1.54, 1.807) is 12.1 Å². The fourth-order valence-corrected chi connectivity index (χ4v) is 2.29. The van der Waals surface area contributed by atoms with E-state index in [9.17, 15) is 4.39 Å². The number of nitrogens with two attached hydrogens (primary N) is 1. The van der Waals surface area contributed by atoms with E-state index in [0.29, 0.717) is 22.5 Å². The first-order valence-electron chi connectivity index (χ1n) is 5.17. The van der Waals surface area contributed by atoms with Gasteiger partial charge in [0.15, 0.2) is 0 Å². The average molecular weight is 375 g/mol. The van der Waals surface area contributed by atoms with Crippen molar-refractivity contribution in [2.45, 2.75) is 6.61 Å². The molecule has 0 radical (unpaired) electrons. The summed E-state index contributed by atoms with van der Waals surface area (Å²) >= 11 is 6.55. The molecule has 5 heteroatoms. The number of halogens is 3. The standard InChI is InChI=1S/C13H10Br2FNO/c14-9-2-1-8(13(17)5-9)7-18-12-4-10(15)3-11(16)6-12/h1-6H,7,17H2. The van der Waals surface area contributed by atoms with Crippen LogP contribution in [0.5, 0.6) is 5.75 Å². The molecule has 0 atom stereocenters. The summed E-state index contributed by atoms with van der Waals surface area (Å²) in [6.07, 6.45) is 0. The van der Waals surface area contributed by atoms with Crippen LogP contribution in [0.15, 0.2) is 45.3 Å². The minimum absolute atomic E-state index is 0.301. The van der Waals surface area contributed by atoms with Crippen LogP contribution in [0.1, 0.15) is 5.56 Å². The van der Waals surface area contributed by atoms with Crippen molar-refractivity contribution in [2.75, 3.05) is 5.73 Å². The third-order valence-corrected chi connectivity index (χ3v) is 3.29. The molecule has 0 bridgehead atoms. The summed E-state index contributed by atoms with van der Waals surface area (Å²) in [7, 11) is 0. The molecular weight excluding hydrogens is 365 g/mol. The lowest BCUT2D eigenvalue weighted by molar-refractivity contribution is 0.305. The number of ether oxygens (including phenoxy) is 1. The van der Waals surface area contributed by atoms with Crippen LogP contribution in [0.25, 0.3) is 0 Å². The Morgan fingerprint density at radius 3 is 2.50 bits per heavy atom. The molecule has 0 aliphatic heterocycles. The molecule has 2 nitrogen and oxygen atoms in total. The summed E-state index contributed by atoms with van der Waals surface area (Å²) in [5.41, 5.74) is 7.35. The maximum absolute atomic E-state index is 13.1. The zero-order valence-electron chi connectivity index (χ0n) is 9.29. The van der Waals surface area contributed by atoms with Crippen molar-refractivity contribution < 1.29 is 9.13 Å². The Hall–Kier alpha value is -1.07. The molecule has 0 aromatic heterocycles. The molecule has 0 amide bonds. The van der Waals surface area contributed by atoms with Crippen molar-refractivity contribution in [1.82, 2.24) is 0 Å². The molecule has 0 unspecified atom stereocenters. The lowest BCUT2D eigenvalue weighted by Gasteiger charge is -2.09. The molecular formula is C13H10Br2FNO. The maximum atomic E-state index is 13.1. The number of hydrogen-bond acceptors (Lipinski definition) is 2. The smallest absolute Gasteiger partial charge is 0.128 e. The van der Waals surface area contributed by atoms with Crippen molar-refractivity contribution in [3.05, 3.63) is 56.7 Å². The molecule has 0 spiro atoms. The molecule has 2 N–H and O–H groups in total. The summed E-state index contributed by atoms with van der Waals surface area (Å²) in [6, 6.07) is 9.98. The highest BCUT2D eigenvalue weighted by Crippen LogP contribution is 2.23. The Morgan fingerprint density at radius 2 is 1.83 bits per heavy atom. The van der Waals surface area contributed by atoms with Gasteiger partial charge in [-0.2, -0.15) is 0 Å². The number of nitrogen functional groups attached to an aromatic ring is 1. The van der Waals surface area contributed by atoms with E-state index in [2.05, 4.69) is 31.9 Å². The maximum Gasteiger partial charge on any atom is 0.128 e. The van der Waals surface area contributed by atoms with Gasteiger partial charge in [-0.3, -0.25) is 0 Å². The van der Waals surface area contributed by atoms with Gasteiger partial charge in [-0.05, 0) is 24.3 Å². The van der Waals surface area contributed by atoms with Crippen molar-refractivity contribution in [3.63, 3.8) is 0 Å². The average Bonchev–Trinajstić information content (AvgIpc) is 2.26. The van der Waals surface area contributed by atoms with Gasteiger partial charge in [-0.25, -0.2) is 4.39 Å². The number of hydrogen-bond donors (Lipinski definition) is 1. The van der Waals surface area contributed by atoms with Crippen molar-refractivity contribution in [2.24, 2.45) is 0 Å². The van der Waals surface area contributed by atoms with Crippen LogP contribution in [-0.4, -0.2) is 0 Å². The Labute approximate surface area is 121 Å². The monoisotopic (exact) mass is 373 g/mol. The number of rotatable bonds is 3. The summed E-state index contributed by atoms with van der Waals surface area (Å²) in [4.78, 5) is 0. The molecule has 0 aliphatic carbocycles. The normalized spacial score (nSPS) is 10.4. The van der Waals surface area contributed by atoms with E-state index in [1.807, 2.05) is 12.1 Å². The molecule has 2 rings (SSSR count). The largest absolute Gasteiger partial charge is 0.489 e. The van der Waals surface area contributed by atoms with Crippen LogP contribution in [0.4, 0.5) is 10.1 Å². The Balaban J connectivity index is 2.11.